The van der Waals surface area contributed by atoms with Crippen molar-refractivity contribution in [2.45, 2.75) is 39.0 Å². The molecule has 0 radical (unpaired) electrons. The lowest BCUT2D eigenvalue weighted by molar-refractivity contribution is -0.143. The summed E-state index contributed by atoms with van der Waals surface area (Å²) in [5.74, 6) is 0.0632. The molecule has 0 unspecified atom stereocenters. The first kappa shape index (κ1) is 13.9. The largest absolute Gasteiger partial charge is 0.466 e. The van der Waals surface area contributed by atoms with Gasteiger partial charge in [-0.2, -0.15) is 0 Å². The van der Waals surface area contributed by atoms with Crippen molar-refractivity contribution in [3.05, 3.63) is 22.4 Å². The molecule has 1 rings (SSSR count). The number of hydrogen-bond donors (Lipinski definition) is 0. The predicted octanol–water partition coefficient (Wildman–Crippen LogP) is 3.44. The monoisotopic (exact) mass is 254 g/mol. The van der Waals surface area contributed by atoms with Crippen LogP contribution in [0.2, 0.25) is 0 Å². The summed E-state index contributed by atoms with van der Waals surface area (Å²) < 4.78 is 4.82. The normalized spacial score (nSPS) is 10.2. The molecule has 1 heterocycles. The van der Waals surface area contributed by atoms with E-state index in [1.54, 1.807) is 6.92 Å². The Balaban J connectivity index is 2.05. The van der Waals surface area contributed by atoms with E-state index in [2.05, 4.69) is 0 Å². The first-order valence-corrected chi connectivity index (χ1v) is 6.84. The summed E-state index contributed by atoms with van der Waals surface area (Å²) in [6.07, 6.45) is 3.58. The van der Waals surface area contributed by atoms with Crippen LogP contribution in [0.3, 0.4) is 0 Å². The van der Waals surface area contributed by atoms with Crippen molar-refractivity contribution in [3.8, 4) is 0 Å². The number of thiophene rings is 1. The maximum atomic E-state index is 11.6. The van der Waals surface area contributed by atoms with Gasteiger partial charge in [0.15, 0.2) is 5.78 Å². The quantitative estimate of drug-likeness (QED) is 0.405. The summed E-state index contributed by atoms with van der Waals surface area (Å²) in [4.78, 5) is 23.5. The van der Waals surface area contributed by atoms with Gasteiger partial charge in [0.1, 0.15) is 0 Å². The molecule has 94 valence electrons. The minimum atomic E-state index is -0.142. The van der Waals surface area contributed by atoms with E-state index in [4.69, 9.17) is 4.74 Å². The minimum Gasteiger partial charge on any atom is -0.466 e. The van der Waals surface area contributed by atoms with Crippen LogP contribution in [0, 0.1) is 0 Å². The Kier molecular flexibility index (Phi) is 6.55. The molecule has 0 aromatic carbocycles. The fourth-order valence-electron chi connectivity index (χ4n) is 1.53. The molecule has 0 saturated heterocycles. The van der Waals surface area contributed by atoms with Gasteiger partial charge in [0.2, 0.25) is 0 Å². The van der Waals surface area contributed by atoms with Crippen molar-refractivity contribution in [2.75, 3.05) is 6.61 Å². The number of hydrogen-bond acceptors (Lipinski definition) is 4. The highest BCUT2D eigenvalue weighted by atomic mass is 32.1. The molecule has 0 spiro atoms. The highest BCUT2D eigenvalue weighted by Gasteiger charge is 2.06. The van der Waals surface area contributed by atoms with Gasteiger partial charge in [-0.05, 0) is 31.2 Å². The zero-order chi connectivity index (χ0) is 12.5. The lowest BCUT2D eigenvalue weighted by Gasteiger charge is -2.01. The van der Waals surface area contributed by atoms with Crippen LogP contribution in [0.4, 0.5) is 0 Å². The van der Waals surface area contributed by atoms with E-state index in [-0.39, 0.29) is 11.8 Å². The van der Waals surface area contributed by atoms with E-state index >= 15 is 0 Å². The zero-order valence-corrected chi connectivity index (χ0v) is 10.9. The number of Topliss-reactive ketones (excluding diaryl/α,β-unsaturated/α-hetero) is 1. The second-order valence-corrected chi connectivity index (χ2v) is 4.71. The third kappa shape index (κ3) is 5.63. The van der Waals surface area contributed by atoms with E-state index < -0.39 is 0 Å². The van der Waals surface area contributed by atoms with E-state index in [9.17, 15) is 9.59 Å². The number of carbonyl (C=O) groups is 2. The molecule has 0 amide bonds. The Morgan fingerprint density at radius 3 is 2.65 bits per heavy atom. The Morgan fingerprint density at radius 2 is 2.00 bits per heavy atom. The Labute approximate surface area is 106 Å². The van der Waals surface area contributed by atoms with E-state index in [0.717, 1.165) is 24.1 Å². The average molecular weight is 254 g/mol. The van der Waals surface area contributed by atoms with Crippen LogP contribution in [0.25, 0.3) is 0 Å². The second kappa shape index (κ2) is 8.01. The number of ketones is 1. The van der Waals surface area contributed by atoms with Crippen LogP contribution in [0.5, 0.6) is 0 Å². The van der Waals surface area contributed by atoms with Crippen LogP contribution < -0.4 is 0 Å². The molecule has 0 atom stereocenters. The van der Waals surface area contributed by atoms with E-state index in [1.807, 2.05) is 17.5 Å². The van der Waals surface area contributed by atoms with Gasteiger partial charge in [-0.3, -0.25) is 9.59 Å². The van der Waals surface area contributed by atoms with Gasteiger partial charge in [-0.15, -0.1) is 11.3 Å². The zero-order valence-electron chi connectivity index (χ0n) is 10.1. The number of esters is 1. The first-order chi connectivity index (χ1) is 8.24. The highest BCUT2D eigenvalue weighted by Crippen LogP contribution is 2.14. The second-order valence-electron chi connectivity index (χ2n) is 3.77. The van der Waals surface area contributed by atoms with Gasteiger partial charge in [0.25, 0.3) is 0 Å². The molecule has 0 aliphatic rings. The average Bonchev–Trinajstić information content (AvgIpc) is 2.82. The Bertz CT molecular complexity index is 344. The van der Waals surface area contributed by atoms with Crippen LogP contribution in [-0.2, 0) is 9.53 Å². The van der Waals surface area contributed by atoms with Crippen molar-refractivity contribution in [2.24, 2.45) is 0 Å². The van der Waals surface area contributed by atoms with Gasteiger partial charge in [-0.25, -0.2) is 0 Å². The molecule has 0 fully saturated rings. The van der Waals surface area contributed by atoms with Gasteiger partial charge >= 0.3 is 5.97 Å². The van der Waals surface area contributed by atoms with Gasteiger partial charge in [0, 0.05) is 12.8 Å². The molecule has 0 bridgehead atoms. The van der Waals surface area contributed by atoms with Crippen LogP contribution in [0.15, 0.2) is 17.5 Å². The maximum absolute atomic E-state index is 11.6. The number of unbranched alkanes of at least 4 members (excludes halogenated alkanes) is 2. The third-order valence-electron chi connectivity index (χ3n) is 2.39. The fourth-order valence-corrected chi connectivity index (χ4v) is 2.22. The van der Waals surface area contributed by atoms with Crippen LogP contribution in [-0.4, -0.2) is 18.4 Å². The smallest absolute Gasteiger partial charge is 0.305 e. The van der Waals surface area contributed by atoms with Crippen LogP contribution >= 0.6 is 11.3 Å². The van der Waals surface area contributed by atoms with E-state index in [1.165, 1.54) is 11.3 Å². The molecule has 0 aliphatic carbocycles. The Morgan fingerprint density at radius 1 is 1.24 bits per heavy atom. The summed E-state index contributed by atoms with van der Waals surface area (Å²) in [7, 11) is 0. The summed E-state index contributed by atoms with van der Waals surface area (Å²) in [5.41, 5.74) is 0. The van der Waals surface area contributed by atoms with Gasteiger partial charge in [0.05, 0.1) is 11.5 Å². The SMILES string of the molecule is CCOC(=O)CCCCCC(=O)c1cccs1. The molecule has 4 heteroatoms. The van der Waals surface area contributed by atoms with Gasteiger partial charge in [-0.1, -0.05) is 12.5 Å². The summed E-state index contributed by atoms with van der Waals surface area (Å²) in [6, 6.07) is 3.74. The topological polar surface area (TPSA) is 43.4 Å². The lowest BCUT2D eigenvalue weighted by atomic mass is 10.1. The molecule has 17 heavy (non-hydrogen) atoms. The highest BCUT2D eigenvalue weighted by molar-refractivity contribution is 7.12. The number of ether oxygens (including phenoxy) is 1. The van der Waals surface area contributed by atoms with Crippen molar-refractivity contribution in [3.63, 3.8) is 0 Å². The van der Waals surface area contributed by atoms with Crippen molar-refractivity contribution >= 4 is 23.1 Å². The first-order valence-electron chi connectivity index (χ1n) is 5.96. The molecule has 0 saturated carbocycles. The van der Waals surface area contributed by atoms with E-state index in [0.29, 0.717) is 19.4 Å². The summed E-state index contributed by atoms with van der Waals surface area (Å²) >= 11 is 1.48. The molecule has 1 aromatic rings. The molecule has 3 nitrogen and oxygen atoms in total. The molecular formula is C13H18O3S. The standard InChI is InChI=1S/C13H18O3S/c1-2-16-13(15)9-5-3-4-7-11(14)12-8-6-10-17-12/h6,8,10H,2-5,7,9H2,1H3. The van der Waals surface area contributed by atoms with Gasteiger partial charge < -0.3 is 4.74 Å². The summed E-state index contributed by atoms with van der Waals surface area (Å²) in [5, 5.41) is 1.91. The third-order valence-corrected chi connectivity index (χ3v) is 3.30. The molecule has 1 aromatic heterocycles. The Hall–Kier alpha value is -1.16. The van der Waals surface area contributed by atoms with Crippen molar-refractivity contribution in [1.82, 2.24) is 0 Å². The van der Waals surface area contributed by atoms with Crippen molar-refractivity contribution in [1.29, 1.82) is 0 Å². The summed E-state index contributed by atoms with van der Waals surface area (Å²) in [6.45, 7) is 2.24. The fraction of sp³-hybridized carbons (Fsp3) is 0.538. The predicted molar refractivity (Wildman–Crippen MR) is 68.4 cm³/mol. The lowest BCUT2D eigenvalue weighted by Crippen LogP contribution is -2.03. The molecule has 0 N–H and O–H groups in total. The minimum absolute atomic E-state index is 0.142. The molecular weight excluding hydrogens is 236 g/mol. The van der Waals surface area contributed by atoms with Crippen LogP contribution in [0.1, 0.15) is 48.7 Å². The molecule has 0 aliphatic heterocycles. The number of rotatable bonds is 8. The maximum Gasteiger partial charge on any atom is 0.305 e. The van der Waals surface area contributed by atoms with Crippen molar-refractivity contribution < 1.29 is 14.3 Å². The number of carbonyl (C=O) groups excluding carboxylic acids is 2.